The first-order valence-corrected chi connectivity index (χ1v) is 11.1. The van der Waals surface area contributed by atoms with Crippen molar-refractivity contribution in [3.05, 3.63) is 29.3 Å². The van der Waals surface area contributed by atoms with Crippen molar-refractivity contribution in [3.8, 4) is 0 Å². The maximum atomic E-state index is 12.9. The molecule has 1 aromatic rings. The summed E-state index contributed by atoms with van der Waals surface area (Å²) in [6, 6.07) is 3.97. The van der Waals surface area contributed by atoms with Crippen LogP contribution in [0.4, 0.5) is 0 Å². The van der Waals surface area contributed by atoms with Crippen molar-refractivity contribution in [2.75, 3.05) is 26.2 Å². The van der Waals surface area contributed by atoms with E-state index in [1.165, 1.54) is 35.3 Å². The Balaban J connectivity index is 1.42. The topological polar surface area (TPSA) is 104 Å². The van der Waals surface area contributed by atoms with Gasteiger partial charge in [0, 0.05) is 32.6 Å². The van der Waals surface area contributed by atoms with Gasteiger partial charge in [0.2, 0.25) is 15.9 Å². The molecule has 2 aliphatic heterocycles. The van der Waals surface area contributed by atoms with Gasteiger partial charge in [-0.05, 0) is 37.0 Å². The third kappa shape index (κ3) is 3.44. The summed E-state index contributed by atoms with van der Waals surface area (Å²) in [4.78, 5) is 37.6. The second kappa shape index (κ2) is 7.29. The Hall–Kier alpha value is -2.26. The van der Waals surface area contributed by atoms with Gasteiger partial charge in [0.1, 0.15) is 0 Å². The van der Waals surface area contributed by atoms with Gasteiger partial charge in [-0.1, -0.05) is 12.8 Å². The quantitative estimate of drug-likeness (QED) is 0.752. The smallest absolute Gasteiger partial charge is 0.258 e. The summed E-state index contributed by atoms with van der Waals surface area (Å²) in [5.41, 5.74) is 0.266. The Bertz CT molecular complexity index is 929. The lowest BCUT2D eigenvalue weighted by Crippen LogP contribution is -2.50. The average molecular weight is 405 g/mol. The van der Waals surface area contributed by atoms with Crippen LogP contribution in [0.15, 0.2) is 23.1 Å². The zero-order valence-corrected chi connectivity index (χ0v) is 16.3. The minimum atomic E-state index is -3.79. The van der Waals surface area contributed by atoms with Crippen LogP contribution < -0.4 is 5.32 Å². The van der Waals surface area contributed by atoms with Crippen LogP contribution in [0, 0.1) is 5.92 Å². The molecule has 0 aromatic heterocycles. The fourth-order valence-electron chi connectivity index (χ4n) is 4.22. The fraction of sp³-hybridized carbons (Fsp3) is 0.526. The number of carbonyl (C=O) groups excluding carboxylic acids is 3. The number of carbonyl (C=O) groups is 3. The van der Waals surface area contributed by atoms with E-state index in [1.807, 2.05) is 0 Å². The monoisotopic (exact) mass is 405 g/mol. The van der Waals surface area contributed by atoms with Crippen molar-refractivity contribution in [1.29, 1.82) is 0 Å². The molecule has 1 saturated heterocycles. The van der Waals surface area contributed by atoms with E-state index < -0.39 is 21.8 Å². The molecule has 4 rings (SSSR count). The number of rotatable bonds is 4. The summed E-state index contributed by atoms with van der Waals surface area (Å²) in [6.45, 7) is 1.19. The normalized spacial score (nSPS) is 21.1. The van der Waals surface area contributed by atoms with Gasteiger partial charge in [0.25, 0.3) is 11.8 Å². The highest BCUT2D eigenvalue weighted by molar-refractivity contribution is 7.89. The molecule has 28 heavy (non-hydrogen) atoms. The third-order valence-electron chi connectivity index (χ3n) is 5.87. The van der Waals surface area contributed by atoms with Crippen LogP contribution in [0.2, 0.25) is 0 Å². The zero-order valence-electron chi connectivity index (χ0n) is 15.5. The SMILES string of the molecule is O=C1NC(=O)c2cc(S(=O)(=O)N3CCN(C(=O)CC4CCCC4)CC3)ccc21. The Morgan fingerprint density at radius 1 is 1.00 bits per heavy atom. The average Bonchev–Trinajstić information content (AvgIpc) is 3.29. The molecule has 1 aromatic carbocycles. The third-order valence-corrected chi connectivity index (χ3v) is 7.77. The first-order chi connectivity index (χ1) is 13.4. The minimum Gasteiger partial charge on any atom is -0.340 e. The van der Waals surface area contributed by atoms with E-state index in [4.69, 9.17) is 0 Å². The number of amides is 3. The number of nitrogens with one attached hydrogen (secondary N) is 1. The zero-order chi connectivity index (χ0) is 19.9. The van der Waals surface area contributed by atoms with E-state index in [-0.39, 0.29) is 35.0 Å². The number of hydrogen-bond donors (Lipinski definition) is 1. The minimum absolute atomic E-state index is 0.0122. The number of sulfonamides is 1. The number of piperazine rings is 1. The van der Waals surface area contributed by atoms with Crippen molar-refractivity contribution < 1.29 is 22.8 Å². The number of nitrogens with zero attached hydrogens (tertiary/aromatic N) is 2. The largest absolute Gasteiger partial charge is 0.340 e. The second-order valence-electron chi connectivity index (χ2n) is 7.63. The van der Waals surface area contributed by atoms with Crippen molar-refractivity contribution in [3.63, 3.8) is 0 Å². The summed E-state index contributed by atoms with van der Waals surface area (Å²) in [5.74, 6) is -0.524. The highest BCUT2D eigenvalue weighted by Crippen LogP contribution is 2.28. The Morgan fingerprint density at radius 3 is 2.32 bits per heavy atom. The van der Waals surface area contributed by atoms with Gasteiger partial charge in [-0.25, -0.2) is 8.42 Å². The van der Waals surface area contributed by atoms with Gasteiger partial charge in [-0.3, -0.25) is 19.7 Å². The Morgan fingerprint density at radius 2 is 1.64 bits per heavy atom. The predicted molar refractivity (Wildman–Crippen MR) is 100 cm³/mol. The van der Waals surface area contributed by atoms with Crippen molar-refractivity contribution in [2.45, 2.75) is 37.0 Å². The summed E-state index contributed by atoms with van der Waals surface area (Å²) in [7, 11) is -3.79. The second-order valence-corrected chi connectivity index (χ2v) is 9.57. The maximum absolute atomic E-state index is 12.9. The van der Waals surface area contributed by atoms with Gasteiger partial charge >= 0.3 is 0 Å². The molecule has 2 heterocycles. The van der Waals surface area contributed by atoms with Gasteiger partial charge < -0.3 is 4.90 Å². The number of benzene rings is 1. The lowest BCUT2D eigenvalue weighted by atomic mass is 10.0. The van der Waals surface area contributed by atoms with E-state index in [0.717, 1.165) is 12.8 Å². The van der Waals surface area contributed by atoms with Gasteiger partial charge in [0.05, 0.1) is 16.0 Å². The molecule has 3 aliphatic rings. The van der Waals surface area contributed by atoms with Crippen LogP contribution in [-0.2, 0) is 14.8 Å². The lowest BCUT2D eigenvalue weighted by molar-refractivity contribution is -0.133. The van der Waals surface area contributed by atoms with Gasteiger partial charge in [0.15, 0.2) is 0 Å². The molecule has 0 bridgehead atoms. The lowest BCUT2D eigenvalue weighted by Gasteiger charge is -2.34. The van der Waals surface area contributed by atoms with Gasteiger partial charge in [-0.15, -0.1) is 0 Å². The number of imide groups is 1. The fourth-order valence-corrected chi connectivity index (χ4v) is 5.67. The molecular formula is C19H23N3O5S. The summed E-state index contributed by atoms with van der Waals surface area (Å²) >= 11 is 0. The number of hydrogen-bond acceptors (Lipinski definition) is 5. The van der Waals surface area contributed by atoms with E-state index in [0.29, 0.717) is 25.4 Å². The molecule has 0 radical (unpaired) electrons. The molecule has 150 valence electrons. The Kier molecular flexibility index (Phi) is 4.96. The van der Waals surface area contributed by atoms with E-state index in [9.17, 15) is 22.8 Å². The summed E-state index contributed by atoms with van der Waals surface area (Å²) < 4.78 is 27.2. The van der Waals surface area contributed by atoms with Gasteiger partial charge in [-0.2, -0.15) is 4.31 Å². The molecule has 0 spiro atoms. The first-order valence-electron chi connectivity index (χ1n) is 9.64. The first kappa shape index (κ1) is 19.1. The predicted octanol–water partition coefficient (Wildman–Crippen LogP) is 0.983. The van der Waals surface area contributed by atoms with Crippen LogP contribution in [0.5, 0.6) is 0 Å². The number of fused-ring (bicyclic) bond motifs is 1. The maximum Gasteiger partial charge on any atom is 0.258 e. The van der Waals surface area contributed by atoms with Crippen LogP contribution >= 0.6 is 0 Å². The van der Waals surface area contributed by atoms with Crippen LogP contribution in [0.3, 0.4) is 0 Å². The molecule has 2 fully saturated rings. The van der Waals surface area contributed by atoms with Crippen LogP contribution in [0.25, 0.3) is 0 Å². The Labute approximate surface area is 163 Å². The van der Waals surface area contributed by atoms with Crippen molar-refractivity contribution >= 4 is 27.7 Å². The molecule has 0 atom stereocenters. The van der Waals surface area contributed by atoms with Crippen LogP contribution in [-0.4, -0.2) is 61.5 Å². The molecular weight excluding hydrogens is 382 g/mol. The van der Waals surface area contributed by atoms with Crippen molar-refractivity contribution in [1.82, 2.24) is 14.5 Å². The van der Waals surface area contributed by atoms with E-state index >= 15 is 0 Å². The molecule has 9 heteroatoms. The van der Waals surface area contributed by atoms with Crippen LogP contribution in [0.1, 0.15) is 52.8 Å². The molecule has 8 nitrogen and oxygen atoms in total. The molecule has 0 unspecified atom stereocenters. The van der Waals surface area contributed by atoms with Crippen molar-refractivity contribution in [2.24, 2.45) is 5.92 Å². The summed E-state index contributed by atoms with van der Waals surface area (Å²) in [5, 5.41) is 2.16. The highest BCUT2D eigenvalue weighted by atomic mass is 32.2. The van der Waals surface area contributed by atoms with E-state index in [1.54, 1.807) is 4.90 Å². The standard InChI is InChI=1S/C19H23N3O5S/c23-17(11-13-3-1-2-4-13)21-7-9-22(10-8-21)28(26,27)14-5-6-15-16(12-14)19(25)20-18(15)24/h5-6,12-13H,1-4,7-11H2,(H,20,24,25). The molecule has 1 saturated carbocycles. The summed E-state index contributed by atoms with van der Waals surface area (Å²) in [6.07, 6.45) is 5.15. The highest BCUT2D eigenvalue weighted by Gasteiger charge is 2.33. The molecule has 3 amide bonds. The molecule has 1 aliphatic carbocycles. The van der Waals surface area contributed by atoms with E-state index in [2.05, 4.69) is 5.32 Å². The molecule has 1 N–H and O–H groups in total.